The van der Waals surface area contributed by atoms with Crippen molar-refractivity contribution in [2.75, 3.05) is 33.9 Å². The smallest absolute Gasteiger partial charge is 0.223 e. The van der Waals surface area contributed by atoms with E-state index in [0.29, 0.717) is 6.54 Å². The minimum atomic E-state index is 0.110. The van der Waals surface area contributed by atoms with E-state index in [-0.39, 0.29) is 11.8 Å². The van der Waals surface area contributed by atoms with Crippen molar-refractivity contribution in [3.8, 4) is 11.5 Å². The zero-order valence-corrected chi connectivity index (χ0v) is 16.8. The lowest BCUT2D eigenvalue weighted by molar-refractivity contribution is -0.126. The van der Waals surface area contributed by atoms with Crippen LogP contribution in [-0.2, 0) is 17.8 Å². The minimum Gasteiger partial charge on any atom is -0.497 e. The number of hydrogen-bond donors (Lipinski definition) is 1. The normalized spacial score (nSPS) is 15.2. The predicted molar refractivity (Wildman–Crippen MR) is 111 cm³/mol. The fraction of sp³-hybridized carbons (Fsp3) is 0.435. The van der Waals surface area contributed by atoms with Gasteiger partial charge < -0.3 is 14.8 Å². The van der Waals surface area contributed by atoms with Gasteiger partial charge in [0.15, 0.2) is 0 Å². The van der Waals surface area contributed by atoms with Crippen molar-refractivity contribution >= 4 is 5.91 Å². The maximum Gasteiger partial charge on any atom is 0.223 e. The highest BCUT2D eigenvalue weighted by Gasteiger charge is 2.25. The van der Waals surface area contributed by atoms with Gasteiger partial charge in [-0.1, -0.05) is 30.3 Å². The van der Waals surface area contributed by atoms with E-state index in [9.17, 15) is 4.79 Å². The molecule has 1 N–H and O–H groups in total. The predicted octanol–water partition coefficient (Wildman–Crippen LogP) is 3.27. The Morgan fingerprint density at radius 3 is 2.50 bits per heavy atom. The van der Waals surface area contributed by atoms with E-state index in [4.69, 9.17) is 9.47 Å². The number of amides is 1. The molecule has 2 aromatic carbocycles. The lowest BCUT2D eigenvalue weighted by atomic mass is 9.95. The third kappa shape index (κ3) is 5.49. The van der Waals surface area contributed by atoms with Gasteiger partial charge in [0.1, 0.15) is 11.5 Å². The molecule has 2 aromatic rings. The van der Waals surface area contributed by atoms with Gasteiger partial charge in [-0.3, -0.25) is 9.69 Å². The Hall–Kier alpha value is -2.53. The zero-order chi connectivity index (χ0) is 19.8. The first-order valence-electron chi connectivity index (χ1n) is 9.94. The van der Waals surface area contributed by atoms with E-state index in [1.54, 1.807) is 14.2 Å². The van der Waals surface area contributed by atoms with Gasteiger partial charge in [0.05, 0.1) is 14.2 Å². The van der Waals surface area contributed by atoms with Crippen LogP contribution in [0.25, 0.3) is 0 Å². The van der Waals surface area contributed by atoms with Crippen LogP contribution in [0.5, 0.6) is 11.5 Å². The Labute approximate surface area is 167 Å². The number of hydrogen-bond acceptors (Lipinski definition) is 4. The van der Waals surface area contributed by atoms with Crippen molar-refractivity contribution in [3.05, 3.63) is 59.7 Å². The van der Waals surface area contributed by atoms with E-state index in [1.807, 2.05) is 36.4 Å². The second-order valence-electron chi connectivity index (χ2n) is 7.25. The van der Waals surface area contributed by atoms with E-state index in [2.05, 4.69) is 22.3 Å². The monoisotopic (exact) mass is 382 g/mol. The van der Waals surface area contributed by atoms with Crippen LogP contribution in [0, 0.1) is 5.92 Å². The quantitative estimate of drug-likeness (QED) is 0.761. The molecule has 0 bridgehead atoms. The number of methoxy groups -OCH3 is 2. The van der Waals surface area contributed by atoms with Crippen molar-refractivity contribution in [1.29, 1.82) is 0 Å². The second-order valence-corrected chi connectivity index (χ2v) is 7.25. The van der Waals surface area contributed by atoms with Gasteiger partial charge in [-0.05, 0) is 56.1 Å². The number of rotatable bonds is 8. The van der Waals surface area contributed by atoms with E-state index >= 15 is 0 Å². The Morgan fingerprint density at radius 2 is 1.82 bits per heavy atom. The summed E-state index contributed by atoms with van der Waals surface area (Å²) in [6, 6.07) is 16.1. The summed E-state index contributed by atoms with van der Waals surface area (Å²) in [5.74, 6) is 2.01. The topological polar surface area (TPSA) is 50.8 Å². The van der Waals surface area contributed by atoms with Crippen LogP contribution >= 0.6 is 0 Å². The van der Waals surface area contributed by atoms with Gasteiger partial charge in [-0.15, -0.1) is 0 Å². The molecular weight excluding hydrogens is 352 g/mol. The third-order valence-electron chi connectivity index (χ3n) is 5.40. The van der Waals surface area contributed by atoms with Crippen LogP contribution in [0.3, 0.4) is 0 Å². The highest BCUT2D eigenvalue weighted by atomic mass is 16.5. The fourth-order valence-electron chi connectivity index (χ4n) is 3.72. The van der Waals surface area contributed by atoms with Crippen LogP contribution < -0.4 is 14.8 Å². The molecule has 0 unspecified atom stereocenters. The average molecular weight is 383 g/mol. The van der Waals surface area contributed by atoms with Crippen molar-refractivity contribution in [2.24, 2.45) is 5.92 Å². The molecule has 0 spiro atoms. The number of carbonyl (C=O) groups is 1. The van der Waals surface area contributed by atoms with Gasteiger partial charge in [0, 0.05) is 24.6 Å². The van der Waals surface area contributed by atoms with Crippen molar-refractivity contribution in [3.63, 3.8) is 0 Å². The highest BCUT2D eigenvalue weighted by molar-refractivity contribution is 5.78. The number of carbonyl (C=O) groups excluding carboxylic acids is 1. The van der Waals surface area contributed by atoms with Gasteiger partial charge in [0.2, 0.25) is 5.91 Å². The molecule has 1 saturated heterocycles. The number of likely N-dealkylation sites (tertiary alicyclic amines) is 1. The highest BCUT2D eigenvalue weighted by Crippen LogP contribution is 2.27. The Kier molecular flexibility index (Phi) is 7.31. The maximum atomic E-state index is 12.5. The number of ether oxygens (including phenoxy) is 2. The summed E-state index contributed by atoms with van der Waals surface area (Å²) in [5, 5.41) is 3.10. The SMILES string of the molecule is COc1ccc(OC)c(CN2CCC(C(=O)NCCc3ccccc3)CC2)c1. The van der Waals surface area contributed by atoms with E-state index < -0.39 is 0 Å². The van der Waals surface area contributed by atoms with Crippen molar-refractivity contribution in [2.45, 2.75) is 25.8 Å². The molecule has 0 radical (unpaired) electrons. The first-order chi connectivity index (χ1) is 13.7. The zero-order valence-electron chi connectivity index (χ0n) is 16.8. The molecule has 5 heteroatoms. The summed E-state index contributed by atoms with van der Waals surface area (Å²) in [7, 11) is 3.37. The molecule has 1 aliphatic rings. The largest absolute Gasteiger partial charge is 0.497 e. The van der Waals surface area contributed by atoms with Crippen molar-refractivity contribution in [1.82, 2.24) is 10.2 Å². The van der Waals surface area contributed by atoms with Gasteiger partial charge in [-0.25, -0.2) is 0 Å². The Balaban J connectivity index is 1.44. The number of piperidine rings is 1. The van der Waals surface area contributed by atoms with E-state index in [0.717, 1.165) is 56.0 Å². The minimum absolute atomic E-state index is 0.110. The summed E-state index contributed by atoms with van der Waals surface area (Å²) in [5.41, 5.74) is 2.37. The third-order valence-corrected chi connectivity index (χ3v) is 5.40. The van der Waals surface area contributed by atoms with Crippen LogP contribution in [0.1, 0.15) is 24.0 Å². The first kappa shape index (κ1) is 20.2. The number of nitrogens with zero attached hydrogens (tertiary/aromatic N) is 1. The van der Waals surface area contributed by atoms with Crippen LogP contribution in [0.15, 0.2) is 48.5 Å². The molecule has 1 fully saturated rings. The van der Waals surface area contributed by atoms with E-state index in [1.165, 1.54) is 5.56 Å². The number of benzene rings is 2. The molecule has 1 heterocycles. The number of nitrogens with one attached hydrogen (secondary N) is 1. The molecule has 0 atom stereocenters. The molecule has 5 nitrogen and oxygen atoms in total. The molecule has 3 rings (SSSR count). The summed E-state index contributed by atoms with van der Waals surface area (Å²) in [6.07, 6.45) is 2.66. The summed E-state index contributed by atoms with van der Waals surface area (Å²) in [6.45, 7) is 3.33. The molecule has 0 aromatic heterocycles. The summed E-state index contributed by atoms with van der Waals surface area (Å²) in [4.78, 5) is 14.9. The van der Waals surface area contributed by atoms with Crippen LogP contribution in [-0.4, -0.2) is 44.7 Å². The molecular formula is C23H30N2O3. The maximum absolute atomic E-state index is 12.5. The van der Waals surface area contributed by atoms with Crippen molar-refractivity contribution < 1.29 is 14.3 Å². The standard InChI is InChI=1S/C23H30N2O3/c1-27-21-8-9-22(28-2)20(16-21)17-25-14-11-19(12-15-25)23(26)24-13-10-18-6-4-3-5-7-18/h3-9,16,19H,10-15,17H2,1-2H3,(H,24,26). The molecule has 0 aliphatic carbocycles. The fourth-order valence-corrected chi connectivity index (χ4v) is 3.72. The lowest BCUT2D eigenvalue weighted by Crippen LogP contribution is -2.40. The first-order valence-corrected chi connectivity index (χ1v) is 9.94. The molecule has 1 aliphatic heterocycles. The Morgan fingerprint density at radius 1 is 1.07 bits per heavy atom. The Bertz CT molecular complexity index is 756. The summed E-state index contributed by atoms with van der Waals surface area (Å²) >= 11 is 0. The average Bonchev–Trinajstić information content (AvgIpc) is 2.75. The van der Waals surface area contributed by atoms with Gasteiger partial charge >= 0.3 is 0 Å². The second kappa shape index (κ2) is 10.1. The molecule has 0 saturated carbocycles. The molecule has 150 valence electrons. The van der Waals surface area contributed by atoms with Gasteiger partial charge in [0.25, 0.3) is 0 Å². The summed E-state index contributed by atoms with van der Waals surface area (Å²) < 4.78 is 10.8. The van der Waals surface area contributed by atoms with Crippen LogP contribution in [0.4, 0.5) is 0 Å². The molecule has 28 heavy (non-hydrogen) atoms. The molecule has 1 amide bonds. The van der Waals surface area contributed by atoms with Crippen LogP contribution in [0.2, 0.25) is 0 Å². The van der Waals surface area contributed by atoms with Gasteiger partial charge in [-0.2, -0.15) is 0 Å². The lowest BCUT2D eigenvalue weighted by Gasteiger charge is -2.31.